The van der Waals surface area contributed by atoms with Crippen molar-refractivity contribution in [2.45, 2.75) is 122 Å². The lowest BCUT2D eigenvalue weighted by Gasteiger charge is -2.19. The van der Waals surface area contributed by atoms with Crippen molar-refractivity contribution in [2.75, 3.05) is 33.3 Å². The molecule has 0 aliphatic heterocycles. The molecule has 0 aliphatic carbocycles. The van der Waals surface area contributed by atoms with Gasteiger partial charge in [-0.3, -0.25) is 29.0 Å². The van der Waals surface area contributed by atoms with Crippen LogP contribution in [0.3, 0.4) is 0 Å². The van der Waals surface area contributed by atoms with Crippen LogP contribution < -0.4 is 38.1 Å². The van der Waals surface area contributed by atoms with Crippen LogP contribution >= 0.6 is 0 Å². The van der Waals surface area contributed by atoms with E-state index in [1.165, 1.54) is 71.3 Å². The fraction of sp³-hybridized carbons (Fsp3) is 0.800. The molecular weight excluding hydrogens is 568 g/mol. The smallest absolute Gasteiger partial charge is 0.245 e. The number of amides is 5. The Bertz CT molecular complexity index is 866. The topological polar surface area (TPSA) is 230 Å². The number of likely N-dealkylation sites (N-methyl/N-ethyl adjacent to an activating group) is 1. The number of nitrogens with zero attached hydrogens (tertiary/aromatic N) is 1. The first kappa shape index (κ1) is 40.6. The maximum atomic E-state index is 12.4. The maximum absolute atomic E-state index is 12.4. The Morgan fingerprint density at radius 3 is 1.66 bits per heavy atom. The number of unbranched alkanes of at least 4 members (excludes halogenated alkanes) is 12. The standard InChI is InChI=1S/C30H58N8O6/c1-3-4-5-6-7-8-9-10-11-12-13-14-15-18-25(40)35-20-26(41)38-24(22-39)29(44)36-21-27(42)37-23(28(43)33-2)17-16-19-34-30(31)32/h23-24,39H,3-22H2,1-2H3,(H,33,43)(H,35,40)(H,36,44)(H,37,42)(H,38,41)(H4,31,32,34)/t23-,24-/m0/s1. The first-order valence-electron chi connectivity index (χ1n) is 16.2. The fourth-order valence-electron chi connectivity index (χ4n) is 4.49. The molecule has 0 aromatic carbocycles. The SMILES string of the molecule is CCCCCCCCCCCCCCCC(=O)NCC(=O)N[C@@H](CO)C(=O)NCC(=O)N[C@@H](CCCN=C(N)N)C(=O)NC. The zero-order valence-electron chi connectivity index (χ0n) is 26.9. The predicted octanol–water partition coefficient (Wildman–Crippen LogP) is 0.462. The lowest BCUT2D eigenvalue weighted by molar-refractivity contribution is -0.132. The molecule has 0 aromatic heterocycles. The first-order valence-corrected chi connectivity index (χ1v) is 16.2. The lowest BCUT2D eigenvalue weighted by Crippen LogP contribution is -2.54. The van der Waals surface area contributed by atoms with E-state index in [1.807, 2.05) is 0 Å². The summed E-state index contributed by atoms with van der Waals surface area (Å²) in [6.07, 6.45) is 16.7. The zero-order chi connectivity index (χ0) is 33.0. The second-order valence-electron chi connectivity index (χ2n) is 11.0. The molecule has 0 rings (SSSR count). The first-order chi connectivity index (χ1) is 21.1. The van der Waals surface area contributed by atoms with E-state index in [-0.39, 0.29) is 31.4 Å². The molecule has 0 spiro atoms. The third-order valence-corrected chi connectivity index (χ3v) is 7.05. The van der Waals surface area contributed by atoms with Crippen LogP contribution in [0.1, 0.15) is 110 Å². The van der Waals surface area contributed by atoms with E-state index in [4.69, 9.17) is 11.5 Å². The van der Waals surface area contributed by atoms with Gasteiger partial charge >= 0.3 is 0 Å². The van der Waals surface area contributed by atoms with Gasteiger partial charge in [0, 0.05) is 20.0 Å². The summed E-state index contributed by atoms with van der Waals surface area (Å²) in [6, 6.07) is -2.18. The third kappa shape index (κ3) is 23.1. The van der Waals surface area contributed by atoms with Gasteiger partial charge < -0.3 is 43.2 Å². The van der Waals surface area contributed by atoms with Crippen LogP contribution in [0.5, 0.6) is 0 Å². The quantitative estimate of drug-likeness (QED) is 0.0362. The third-order valence-electron chi connectivity index (χ3n) is 7.05. The van der Waals surface area contributed by atoms with Crippen LogP contribution in [-0.2, 0) is 24.0 Å². The molecule has 14 heteroatoms. The minimum absolute atomic E-state index is 0.0776. The van der Waals surface area contributed by atoms with Crippen molar-refractivity contribution in [3.8, 4) is 0 Å². The number of hydrogen-bond acceptors (Lipinski definition) is 7. The Morgan fingerprint density at radius 2 is 1.16 bits per heavy atom. The molecule has 44 heavy (non-hydrogen) atoms. The van der Waals surface area contributed by atoms with Crippen LogP contribution in [0, 0.1) is 0 Å². The van der Waals surface area contributed by atoms with Gasteiger partial charge in [0.05, 0.1) is 19.7 Å². The molecular formula is C30H58N8O6. The molecule has 0 fully saturated rings. The molecule has 10 N–H and O–H groups in total. The highest BCUT2D eigenvalue weighted by atomic mass is 16.3. The van der Waals surface area contributed by atoms with Gasteiger partial charge in [0.25, 0.3) is 0 Å². The van der Waals surface area contributed by atoms with E-state index >= 15 is 0 Å². The minimum atomic E-state index is -1.32. The van der Waals surface area contributed by atoms with Crippen LogP contribution in [0.2, 0.25) is 0 Å². The molecule has 254 valence electrons. The van der Waals surface area contributed by atoms with Gasteiger partial charge in [0.15, 0.2) is 5.96 Å². The van der Waals surface area contributed by atoms with E-state index in [9.17, 15) is 29.1 Å². The highest BCUT2D eigenvalue weighted by molar-refractivity contribution is 5.93. The number of carbonyl (C=O) groups is 5. The molecule has 0 radical (unpaired) electrons. The molecule has 5 amide bonds. The maximum Gasteiger partial charge on any atom is 0.245 e. The molecule has 0 heterocycles. The second kappa shape index (κ2) is 27.2. The van der Waals surface area contributed by atoms with Gasteiger partial charge in [-0.25, -0.2) is 0 Å². The second-order valence-corrected chi connectivity index (χ2v) is 11.0. The van der Waals surface area contributed by atoms with Crippen LogP contribution in [0.15, 0.2) is 4.99 Å². The molecule has 2 atom stereocenters. The average molecular weight is 627 g/mol. The van der Waals surface area contributed by atoms with Crippen molar-refractivity contribution in [1.82, 2.24) is 26.6 Å². The molecule has 0 saturated heterocycles. The normalized spacial score (nSPS) is 12.0. The molecule has 0 saturated carbocycles. The summed E-state index contributed by atoms with van der Waals surface area (Å²) in [6.45, 7) is 0.978. The Kier molecular flexibility index (Phi) is 25.0. The van der Waals surface area contributed by atoms with Crippen LogP contribution in [-0.4, -0.2) is 86.0 Å². The van der Waals surface area contributed by atoms with Crippen molar-refractivity contribution in [3.05, 3.63) is 0 Å². The number of aliphatic hydroxyl groups is 1. The average Bonchev–Trinajstić information content (AvgIpc) is 3.00. The van der Waals surface area contributed by atoms with Gasteiger partial charge in [0.1, 0.15) is 12.1 Å². The van der Waals surface area contributed by atoms with E-state index in [0.29, 0.717) is 12.8 Å². The van der Waals surface area contributed by atoms with E-state index in [0.717, 1.165) is 19.3 Å². The van der Waals surface area contributed by atoms with Gasteiger partial charge in [-0.15, -0.1) is 0 Å². The number of guanidine groups is 1. The summed E-state index contributed by atoms with van der Waals surface area (Å²) < 4.78 is 0. The largest absolute Gasteiger partial charge is 0.394 e. The molecule has 14 nitrogen and oxygen atoms in total. The van der Waals surface area contributed by atoms with Crippen LogP contribution in [0.4, 0.5) is 0 Å². The number of nitrogens with one attached hydrogen (secondary N) is 5. The summed E-state index contributed by atoms with van der Waals surface area (Å²) >= 11 is 0. The lowest BCUT2D eigenvalue weighted by atomic mass is 10.0. The monoisotopic (exact) mass is 626 g/mol. The summed E-state index contributed by atoms with van der Waals surface area (Å²) in [4.78, 5) is 64.8. The number of nitrogens with two attached hydrogens (primary N) is 2. The molecule has 0 unspecified atom stereocenters. The van der Waals surface area contributed by atoms with E-state index in [1.54, 1.807) is 0 Å². The summed E-state index contributed by atoms with van der Waals surface area (Å²) in [7, 11) is 1.43. The predicted molar refractivity (Wildman–Crippen MR) is 171 cm³/mol. The van der Waals surface area contributed by atoms with Gasteiger partial charge in [-0.1, -0.05) is 84.0 Å². The van der Waals surface area contributed by atoms with Crippen molar-refractivity contribution >= 4 is 35.5 Å². The van der Waals surface area contributed by atoms with Gasteiger partial charge in [0.2, 0.25) is 29.5 Å². The van der Waals surface area contributed by atoms with Crippen molar-refractivity contribution in [1.29, 1.82) is 0 Å². The number of carbonyl (C=O) groups excluding carboxylic acids is 5. The highest BCUT2D eigenvalue weighted by Gasteiger charge is 2.23. The van der Waals surface area contributed by atoms with Crippen molar-refractivity contribution < 1.29 is 29.1 Å². The Morgan fingerprint density at radius 1 is 0.659 bits per heavy atom. The van der Waals surface area contributed by atoms with Crippen molar-refractivity contribution in [3.63, 3.8) is 0 Å². The fourth-order valence-corrected chi connectivity index (χ4v) is 4.49. The highest BCUT2D eigenvalue weighted by Crippen LogP contribution is 2.13. The number of rotatable bonds is 27. The number of aliphatic imine (C=N–C) groups is 1. The summed E-state index contributed by atoms with van der Waals surface area (Å²) in [5, 5.41) is 21.7. The Labute approximate surface area is 262 Å². The Hall–Kier alpha value is -3.42. The Balaban J connectivity index is 4.14. The summed E-state index contributed by atoms with van der Waals surface area (Å²) in [5.41, 5.74) is 10.5. The van der Waals surface area contributed by atoms with E-state index < -0.39 is 48.9 Å². The zero-order valence-corrected chi connectivity index (χ0v) is 26.9. The molecule has 0 aliphatic rings. The van der Waals surface area contributed by atoms with Gasteiger partial charge in [-0.2, -0.15) is 0 Å². The number of hydrogen-bond donors (Lipinski definition) is 8. The van der Waals surface area contributed by atoms with E-state index in [2.05, 4.69) is 38.5 Å². The minimum Gasteiger partial charge on any atom is -0.394 e. The number of aliphatic hydroxyl groups excluding tert-OH is 1. The molecule has 0 aromatic rings. The van der Waals surface area contributed by atoms with Gasteiger partial charge in [-0.05, 0) is 19.3 Å². The molecule has 0 bridgehead atoms. The van der Waals surface area contributed by atoms with Crippen molar-refractivity contribution in [2.24, 2.45) is 16.5 Å². The van der Waals surface area contributed by atoms with Crippen LogP contribution in [0.25, 0.3) is 0 Å². The summed E-state index contributed by atoms with van der Waals surface area (Å²) in [5.74, 6) is -2.84.